The van der Waals surface area contributed by atoms with Gasteiger partial charge in [-0.1, -0.05) is 36.4 Å². The molecule has 3 N–H and O–H groups in total. The van der Waals surface area contributed by atoms with Crippen LogP contribution in [0.2, 0.25) is 0 Å². The lowest BCUT2D eigenvalue weighted by Crippen LogP contribution is -2.57. The van der Waals surface area contributed by atoms with Crippen LogP contribution in [-0.4, -0.2) is 82.9 Å². The van der Waals surface area contributed by atoms with Crippen LogP contribution in [0.25, 0.3) is 28.0 Å². The molecule has 3 aromatic heterocycles. The molecule has 3 fully saturated rings. The quantitative estimate of drug-likeness (QED) is 0.360. The number of nitrogens with zero attached hydrogens (tertiary/aromatic N) is 5. The van der Waals surface area contributed by atoms with Crippen LogP contribution in [-0.2, 0) is 19.4 Å². The predicted octanol–water partition coefficient (Wildman–Crippen LogP) is 2.67. The molecule has 42 heavy (non-hydrogen) atoms. The lowest BCUT2D eigenvalue weighted by molar-refractivity contribution is -0.141. The molecule has 0 aliphatic carbocycles. The number of ether oxygens (including phenoxy) is 1. The fourth-order valence-electron chi connectivity index (χ4n) is 6.88. The smallest absolute Gasteiger partial charge is 0.242 e. The Morgan fingerprint density at radius 2 is 1.81 bits per heavy atom. The number of carbonyl (C=O) groups excluding carboxylic acids is 1. The second-order valence-electron chi connectivity index (χ2n) is 11.5. The number of sulfone groups is 1. The molecule has 11 nitrogen and oxygen atoms in total. The van der Waals surface area contributed by atoms with E-state index in [9.17, 15) is 13.2 Å². The fraction of sp³-hybridized carbons (Fsp3) is 0.400. The number of nitrogens with two attached hydrogens (primary N) is 1. The first kappa shape index (κ1) is 27.0. The standard InChI is InChI=1S/C30H33N7O4S/c1-42(39,40)27-26(20-13-21-8-9-22(14-20)36(21)30(38)25-17-41-12-11-32-25)35-29-23(16-34-37(29)28(27)31)19-7-10-24(33-15-19)18-5-3-2-4-6-18/h2-7,10,15-16,20-22,25,32H,8-9,11-14,17,31H2,1H3/t20-,21-,22+,25-/m0/s1. The summed E-state index contributed by atoms with van der Waals surface area (Å²) >= 11 is 0. The minimum absolute atomic E-state index is 0.00995. The van der Waals surface area contributed by atoms with Crippen LogP contribution in [0, 0.1) is 0 Å². The van der Waals surface area contributed by atoms with Crippen molar-refractivity contribution in [1.29, 1.82) is 0 Å². The Labute approximate surface area is 244 Å². The first-order chi connectivity index (χ1) is 20.3. The SMILES string of the molecule is CS(=O)(=O)c1c([C@@H]2C[C@H]3CC[C@@H](C2)N3C(=O)[C@@H]2COCCN2)nc2c(-c3ccc(-c4ccccc4)nc3)cnn2c1N. The van der Waals surface area contributed by atoms with E-state index in [0.717, 1.165) is 35.9 Å². The second-order valence-corrected chi connectivity index (χ2v) is 13.4. The molecule has 3 saturated heterocycles. The van der Waals surface area contributed by atoms with Gasteiger partial charge in [-0.2, -0.15) is 9.61 Å². The Bertz CT molecular complexity index is 1740. The van der Waals surface area contributed by atoms with Gasteiger partial charge in [0, 0.05) is 53.7 Å². The average molecular weight is 588 g/mol. The number of nitrogens with one attached hydrogen (secondary N) is 1. The maximum atomic E-state index is 13.4. The topological polar surface area (TPSA) is 145 Å². The molecule has 3 aliphatic rings. The van der Waals surface area contributed by atoms with Crippen molar-refractivity contribution >= 4 is 27.2 Å². The van der Waals surface area contributed by atoms with Gasteiger partial charge in [0.25, 0.3) is 0 Å². The van der Waals surface area contributed by atoms with Gasteiger partial charge in [-0.25, -0.2) is 13.4 Å². The summed E-state index contributed by atoms with van der Waals surface area (Å²) in [4.78, 5) is 25.1. The minimum atomic E-state index is -3.73. The molecule has 4 atom stereocenters. The van der Waals surface area contributed by atoms with Gasteiger partial charge in [0.05, 0.1) is 30.8 Å². The van der Waals surface area contributed by atoms with E-state index in [-0.39, 0.29) is 40.7 Å². The Balaban J connectivity index is 1.25. The van der Waals surface area contributed by atoms with Crippen LogP contribution in [0.5, 0.6) is 0 Å². The zero-order valence-electron chi connectivity index (χ0n) is 23.3. The third kappa shape index (κ3) is 4.63. The van der Waals surface area contributed by atoms with Crippen molar-refractivity contribution in [3.63, 3.8) is 0 Å². The highest BCUT2D eigenvalue weighted by molar-refractivity contribution is 7.91. The molecule has 7 rings (SSSR count). The van der Waals surface area contributed by atoms with E-state index >= 15 is 0 Å². The lowest BCUT2D eigenvalue weighted by atomic mass is 9.87. The number of nitrogen functional groups attached to an aromatic ring is 1. The number of fused-ring (bicyclic) bond motifs is 3. The molecule has 6 heterocycles. The number of hydrogen-bond acceptors (Lipinski definition) is 9. The Hall–Kier alpha value is -3.87. The number of morpholine rings is 1. The van der Waals surface area contributed by atoms with Gasteiger partial charge in [-0.3, -0.25) is 9.78 Å². The molecular weight excluding hydrogens is 554 g/mol. The number of anilines is 1. The van der Waals surface area contributed by atoms with Crippen LogP contribution in [0.15, 0.2) is 59.8 Å². The van der Waals surface area contributed by atoms with Gasteiger partial charge >= 0.3 is 0 Å². The summed E-state index contributed by atoms with van der Waals surface area (Å²) in [7, 11) is -3.73. The van der Waals surface area contributed by atoms with Gasteiger partial charge in [0.1, 0.15) is 16.8 Å². The Kier molecular flexibility index (Phi) is 6.71. The summed E-state index contributed by atoms with van der Waals surface area (Å²) in [5.41, 5.74) is 10.9. The van der Waals surface area contributed by atoms with E-state index in [1.54, 1.807) is 12.4 Å². The van der Waals surface area contributed by atoms with E-state index in [2.05, 4.69) is 15.4 Å². The minimum Gasteiger partial charge on any atom is -0.382 e. The first-order valence-electron chi connectivity index (χ1n) is 14.3. The number of amides is 1. The number of hydrogen-bond donors (Lipinski definition) is 2. The Morgan fingerprint density at radius 3 is 2.45 bits per heavy atom. The zero-order chi connectivity index (χ0) is 29.0. The van der Waals surface area contributed by atoms with E-state index in [1.807, 2.05) is 47.4 Å². The van der Waals surface area contributed by atoms with Gasteiger partial charge < -0.3 is 20.7 Å². The van der Waals surface area contributed by atoms with Crippen molar-refractivity contribution in [3.8, 4) is 22.4 Å². The number of piperidine rings is 1. The maximum absolute atomic E-state index is 13.4. The van der Waals surface area contributed by atoms with Crippen LogP contribution in [0.4, 0.5) is 5.82 Å². The van der Waals surface area contributed by atoms with Crippen molar-refractivity contribution in [2.45, 2.75) is 54.6 Å². The van der Waals surface area contributed by atoms with Crippen LogP contribution in [0.3, 0.4) is 0 Å². The lowest BCUT2D eigenvalue weighted by Gasteiger charge is -2.41. The molecule has 0 radical (unpaired) electrons. The highest BCUT2D eigenvalue weighted by Gasteiger charge is 2.47. The summed E-state index contributed by atoms with van der Waals surface area (Å²) in [6.45, 7) is 1.63. The summed E-state index contributed by atoms with van der Waals surface area (Å²) in [6.07, 6.45) is 7.59. The van der Waals surface area contributed by atoms with Crippen LogP contribution >= 0.6 is 0 Å². The molecule has 3 aliphatic heterocycles. The van der Waals surface area contributed by atoms with Crippen molar-refractivity contribution in [2.24, 2.45) is 0 Å². The van der Waals surface area contributed by atoms with Crippen LogP contribution < -0.4 is 11.1 Å². The third-order valence-corrected chi connectivity index (χ3v) is 9.93. The molecule has 1 amide bonds. The molecule has 4 aromatic rings. The summed E-state index contributed by atoms with van der Waals surface area (Å²) < 4.78 is 33.2. The molecular formula is C30H33N7O4S. The third-order valence-electron chi connectivity index (χ3n) is 8.77. The zero-order valence-corrected chi connectivity index (χ0v) is 24.1. The van der Waals surface area contributed by atoms with Crippen molar-refractivity contribution < 1.29 is 17.9 Å². The number of pyridine rings is 1. The van der Waals surface area contributed by atoms with Gasteiger partial charge in [-0.05, 0) is 31.7 Å². The number of carbonyl (C=O) groups is 1. The van der Waals surface area contributed by atoms with Crippen LogP contribution in [0.1, 0.15) is 37.3 Å². The molecule has 0 saturated carbocycles. The molecule has 12 heteroatoms. The maximum Gasteiger partial charge on any atom is 0.242 e. The molecule has 218 valence electrons. The van der Waals surface area contributed by atoms with E-state index in [1.165, 1.54) is 4.52 Å². The predicted molar refractivity (Wildman–Crippen MR) is 157 cm³/mol. The monoisotopic (exact) mass is 587 g/mol. The van der Waals surface area contributed by atoms with Crippen molar-refractivity contribution in [2.75, 3.05) is 31.7 Å². The average Bonchev–Trinajstić information content (AvgIpc) is 3.55. The van der Waals surface area contributed by atoms with Gasteiger partial charge in [0.2, 0.25) is 5.91 Å². The van der Waals surface area contributed by atoms with Crippen molar-refractivity contribution in [1.82, 2.24) is 29.8 Å². The Morgan fingerprint density at radius 1 is 1.05 bits per heavy atom. The highest BCUT2D eigenvalue weighted by atomic mass is 32.2. The molecule has 0 unspecified atom stereocenters. The fourth-order valence-corrected chi connectivity index (χ4v) is 7.93. The largest absolute Gasteiger partial charge is 0.382 e. The van der Waals surface area contributed by atoms with E-state index in [0.29, 0.717) is 49.5 Å². The number of benzene rings is 1. The number of rotatable bonds is 5. The summed E-state index contributed by atoms with van der Waals surface area (Å²) in [6, 6.07) is 13.5. The first-order valence-corrected chi connectivity index (χ1v) is 16.2. The van der Waals surface area contributed by atoms with Gasteiger partial charge in [0.15, 0.2) is 15.5 Å². The van der Waals surface area contributed by atoms with E-state index in [4.69, 9.17) is 15.5 Å². The molecule has 0 spiro atoms. The van der Waals surface area contributed by atoms with Crippen molar-refractivity contribution in [3.05, 3.63) is 60.6 Å². The number of aromatic nitrogens is 4. The summed E-state index contributed by atoms with van der Waals surface area (Å²) in [5.74, 6) is -0.0519. The van der Waals surface area contributed by atoms with E-state index < -0.39 is 9.84 Å². The molecule has 1 aromatic carbocycles. The van der Waals surface area contributed by atoms with Gasteiger partial charge in [-0.15, -0.1) is 0 Å². The molecule has 2 bridgehead atoms. The second kappa shape index (κ2) is 10.4. The normalized spacial score (nSPS) is 24.3. The summed E-state index contributed by atoms with van der Waals surface area (Å²) in [5, 5.41) is 7.71. The highest BCUT2D eigenvalue weighted by Crippen LogP contribution is 2.45.